The summed E-state index contributed by atoms with van der Waals surface area (Å²) >= 11 is 0. The Bertz CT molecular complexity index is 739. The Morgan fingerprint density at radius 2 is 1.92 bits per heavy atom. The van der Waals surface area contributed by atoms with Crippen LogP contribution in [0.25, 0.3) is 0 Å². The van der Waals surface area contributed by atoms with Crippen LogP contribution >= 0.6 is 0 Å². The maximum Gasteiger partial charge on any atom is 0.442 e. The standard InChI is InChI=1S/C15H19F3N4O4/c1-13(2,3)26-12(23)20-7-14(8-20)4-9(5-14)21-6-10(22(24)25)11(19-21)15(16,17)18/h6,9H,4-5,7-8H2,1-3H3. The molecule has 1 aromatic heterocycles. The van der Waals surface area contributed by atoms with Crippen LogP contribution in [-0.4, -0.2) is 44.4 Å². The average Bonchev–Trinajstić information content (AvgIpc) is 2.77. The Balaban J connectivity index is 1.62. The van der Waals surface area contributed by atoms with Gasteiger partial charge in [0.25, 0.3) is 0 Å². The van der Waals surface area contributed by atoms with Gasteiger partial charge in [0.1, 0.15) is 11.8 Å². The number of ether oxygens (including phenoxy) is 1. The number of rotatable bonds is 2. The van der Waals surface area contributed by atoms with Gasteiger partial charge in [-0.3, -0.25) is 14.8 Å². The lowest BCUT2D eigenvalue weighted by atomic mass is 9.61. The van der Waals surface area contributed by atoms with Gasteiger partial charge in [0.2, 0.25) is 5.69 Å². The minimum absolute atomic E-state index is 0.166. The van der Waals surface area contributed by atoms with Crippen LogP contribution in [-0.2, 0) is 10.9 Å². The number of nitro groups is 1. The van der Waals surface area contributed by atoms with E-state index in [-0.39, 0.29) is 11.5 Å². The summed E-state index contributed by atoms with van der Waals surface area (Å²) in [6, 6.07) is -0.342. The number of nitrogens with zero attached hydrogens (tertiary/aromatic N) is 4. The Hall–Kier alpha value is -2.33. The number of aromatic nitrogens is 2. The highest BCUT2D eigenvalue weighted by molar-refractivity contribution is 5.69. The average molecular weight is 376 g/mol. The van der Waals surface area contributed by atoms with Gasteiger partial charge < -0.3 is 9.64 Å². The van der Waals surface area contributed by atoms with Crippen molar-refractivity contribution >= 4 is 11.8 Å². The Labute approximate surface area is 147 Å². The van der Waals surface area contributed by atoms with E-state index in [1.807, 2.05) is 0 Å². The molecule has 1 aromatic rings. The fourth-order valence-electron chi connectivity index (χ4n) is 3.51. The number of hydrogen-bond donors (Lipinski definition) is 0. The van der Waals surface area contributed by atoms with E-state index >= 15 is 0 Å². The maximum absolute atomic E-state index is 12.9. The van der Waals surface area contributed by atoms with E-state index < -0.39 is 34.2 Å². The first-order valence-corrected chi connectivity index (χ1v) is 8.08. The molecule has 1 saturated heterocycles. The summed E-state index contributed by atoms with van der Waals surface area (Å²) in [7, 11) is 0. The topological polar surface area (TPSA) is 90.5 Å². The molecule has 1 aliphatic carbocycles. The van der Waals surface area contributed by atoms with Gasteiger partial charge in [-0.1, -0.05) is 0 Å². The second kappa shape index (κ2) is 5.58. The number of carbonyl (C=O) groups excluding carboxylic acids is 1. The van der Waals surface area contributed by atoms with Gasteiger partial charge in [-0.2, -0.15) is 18.3 Å². The third kappa shape index (κ3) is 3.34. The van der Waals surface area contributed by atoms with Crippen molar-refractivity contribution in [3.8, 4) is 0 Å². The Morgan fingerprint density at radius 3 is 2.35 bits per heavy atom. The molecule has 1 amide bonds. The zero-order valence-corrected chi connectivity index (χ0v) is 14.5. The van der Waals surface area contributed by atoms with Crippen molar-refractivity contribution < 1.29 is 27.6 Å². The third-order valence-electron chi connectivity index (χ3n) is 4.59. The molecule has 2 aliphatic rings. The molecule has 2 fully saturated rings. The molecular formula is C15H19F3N4O4. The largest absolute Gasteiger partial charge is 0.444 e. The predicted octanol–water partition coefficient (Wildman–Crippen LogP) is 3.38. The normalized spacial score (nSPS) is 19.8. The number of alkyl halides is 3. The van der Waals surface area contributed by atoms with Crippen molar-refractivity contribution in [2.75, 3.05) is 13.1 Å². The summed E-state index contributed by atoms with van der Waals surface area (Å²) in [5, 5.41) is 14.2. The molecule has 144 valence electrons. The Kier molecular flexibility index (Phi) is 3.96. The molecule has 8 nitrogen and oxygen atoms in total. The lowest BCUT2D eigenvalue weighted by Crippen LogP contribution is -2.64. The van der Waals surface area contributed by atoms with E-state index in [9.17, 15) is 28.1 Å². The summed E-state index contributed by atoms with van der Waals surface area (Å²) in [4.78, 5) is 23.2. The van der Waals surface area contributed by atoms with Gasteiger partial charge in [-0.25, -0.2) is 4.79 Å². The van der Waals surface area contributed by atoms with Crippen LogP contribution in [0.5, 0.6) is 0 Å². The predicted molar refractivity (Wildman–Crippen MR) is 82.4 cm³/mol. The molecule has 0 bridgehead atoms. The number of likely N-dealkylation sites (tertiary alicyclic amines) is 1. The van der Waals surface area contributed by atoms with Crippen LogP contribution < -0.4 is 0 Å². The summed E-state index contributed by atoms with van der Waals surface area (Å²) in [6.45, 7) is 6.23. The zero-order valence-electron chi connectivity index (χ0n) is 14.5. The fraction of sp³-hybridized carbons (Fsp3) is 0.733. The number of hydrogen-bond acceptors (Lipinski definition) is 5. The molecule has 1 aliphatic heterocycles. The van der Waals surface area contributed by atoms with Gasteiger partial charge in [0.15, 0.2) is 0 Å². The van der Waals surface area contributed by atoms with Crippen molar-refractivity contribution in [3.63, 3.8) is 0 Å². The number of amides is 1. The highest BCUT2D eigenvalue weighted by Crippen LogP contribution is 2.54. The molecule has 3 rings (SSSR count). The smallest absolute Gasteiger partial charge is 0.442 e. The quantitative estimate of drug-likeness (QED) is 0.583. The molecule has 0 N–H and O–H groups in total. The summed E-state index contributed by atoms with van der Waals surface area (Å²) < 4.78 is 44.9. The second-order valence-corrected chi connectivity index (χ2v) is 8.00. The van der Waals surface area contributed by atoms with E-state index in [1.165, 1.54) is 0 Å². The molecule has 1 spiro atoms. The highest BCUT2D eigenvalue weighted by Gasteiger charge is 2.56. The van der Waals surface area contributed by atoms with E-state index in [0.717, 1.165) is 10.9 Å². The van der Waals surface area contributed by atoms with Gasteiger partial charge in [0.05, 0.1) is 11.0 Å². The molecule has 0 aromatic carbocycles. The van der Waals surface area contributed by atoms with Crippen LogP contribution in [0.3, 0.4) is 0 Å². The van der Waals surface area contributed by atoms with Gasteiger partial charge in [0, 0.05) is 18.5 Å². The van der Waals surface area contributed by atoms with Gasteiger partial charge in [-0.05, 0) is 33.6 Å². The monoisotopic (exact) mass is 376 g/mol. The van der Waals surface area contributed by atoms with Crippen molar-refractivity contribution in [3.05, 3.63) is 22.0 Å². The van der Waals surface area contributed by atoms with Crippen LogP contribution in [0, 0.1) is 15.5 Å². The molecule has 0 radical (unpaired) electrons. The lowest BCUT2D eigenvalue weighted by Gasteiger charge is -2.58. The van der Waals surface area contributed by atoms with Gasteiger partial charge >= 0.3 is 18.0 Å². The summed E-state index contributed by atoms with van der Waals surface area (Å²) in [5.74, 6) is 0. The first-order chi connectivity index (χ1) is 11.8. The fourth-order valence-corrected chi connectivity index (χ4v) is 3.51. The van der Waals surface area contributed by atoms with Crippen molar-refractivity contribution in [2.45, 2.75) is 51.4 Å². The third-order valence-corrected chi connectivity index (χ3v) is 4.59. The van der Waals surface area contributed by atoms with E-state index in [2.05, 4.69) is 5.10 Å². The van der Waals surface area contributed by atoms with Crippen LogP contribution in [0.1, 0.15) is 45.3 Å². The molecule has 11 heteroatoms. The van der Waals surface area contributed by atoms with Crippen LogP contribution in [0.15, 0.2) is 6.20 Å². The van der Waals surface area contributed by atoms with E-state index in [1.54, 1.807) is 25.7 Å². The SMILES string of the molecule is CC(C)(C)OC(=O)N1CC2(CC(n3cc([N+](=O)[O-])c(C(F)(F)F)n3)C2)C1. The van der Waals surface area contributed by atoms with Crippen LogP contribution in [0.4, 0.5) is 23.7 Å². The summed E-state index contributed by atoms with van der Waals surface area (Å²) in [6.07, 6.45) is -3.42. The van der Waals surface area contributed by atoms with Crippen molar-refractivity contribution in [1.29, 1.82) is 0 Å². The van der Waals surface area contributed by atoms with Crippen LogP contribution in [0.2, 0.25) is 0 Å². The first kappa shape index (κ1) is 18.5. The van der Waals surface area contributed by atoms with E-state index in [4.69, 9.17) is 4.74 Å². The molecule has 1 saturated carbocycles. The maximum atomic E-state index is 12.9. The zero-order chi connectivity index (χ0) is 19.5. The van der Waals surface area contributed by atoms with E-state index in [0.29, 0.717) is 25.9 Å². The minimum atomic E-state index is -4.88. The molecular weight excluding hydrogens is 357 g/mol. The van der Waals surface area contributed by atoms with Crippen molar-refractivity contribution in [1.82, 2.24) is 14.7 Å². The lowest BCUT2D eigenvalue weighted by molar-refractivity contribution is -0.388. The van der Waals surface area contributed by atoms with Crippen molar-refractivity contribution in [2.24, 2.45) is 5.41 Å². The van der Waals surface area contributed by atoms with Gasteiger partial charge in [-0.15, -0.1) is 0 Å². The number of halogens is 3. The molecule has 0 atom stereocenters. The Morgan fingerprint density at radius 1 is 1.35 bits per heavy atom. The molecule has 0 unspecified atom stereocenters. The molecule has 2 heterocycles. The highest BCUT2D eigenvalue weighted by atomic mass is 19.4. The summed E-state index contributed by atoms with van der Waals surface area (Å²) in [5.41, 5.74) is -3.28. The number of carbonyl (C=O) groups is 1. The first-order valence-electron chi connectivity index (χ1n) is 8.08. The minimum Gasteiger partial charge on any atom is -0.444 e. The molecule has 26 heavy (non-hydrogen) atoms. The second-order valence-electron chi connectivity index (χ2n) is 8.00.